The Morgan fingerprint density at radius 2 is 1.80 bits per heavy atom. The van der Waals surface area contributed by atoms with Gasteiger partial charge < -0.3 is 10.0 Å². The van der Waals surface area contributed by atoms with Crippen molar-refractivity contribution < 1.29 is 27.6 Å². The minimum absolute atomic E-state index is 0.0515. The van der Waals surface area contributed by atoms with Crippen molar-refractivity contribution in [2.24, 2.45) is 0 Å². The molecule has 1 heterocycles. The summed E-state index contributed by atoms with van der Waals surface area (Å²) >= 11 is 0. The highest BCUT2D eigenvalue weighted by Crippen LogP contribution is 2.37. The third-order valence-electron chi connectivity index (χ3n) is 4.76. The zero-order valence-corrected chi connectivity index (χ0v) is 14.9. The first kappa shape index (κ1) is 17.7. The van der Waals surface area contributed by atoms with Gasteiger partial charge in [0.25, 0.3) is 0 Å². The topological polar surface area (TPSA) is 94.9 Å². The van der Waals surface area contributed by atoms with Crippen molar-refractivity contribution in [2.75, 3.05) is 25.5 Å². The molecule has 1 aliphatic heterocycles. The summed E-state index contributed by atoms with van der Waals surface area (Å²) in [5.41, 5.74) is 0.843. The summed E-state index contributed by atoms with van der Waals surface area (Å²) in [5.74, 6) is -1.31. The van der Waals surface area contributed by atoms with Crippen LogP contribution in [0.15, 0.2) is 41.3 Å². The number of hydrogen-bond donors (Lipinski definition) is 2. The molecule has 1 saturated heterocycles. The van der Waals surface area contributed by atoms with Crippen LogP contribution in [0.4, 0.5) is 5.69 Å². The largest absolute Gasteiger partial charge is 0.477 e. The Morgan fingerprint density at radius 3 is 2.44 bits per heavy atom. The van der Waals surface area contributed by atoms with E-state index in [1.807, 2.05) is 31.1 Å². The molecular formula is C17H21N2O5S+. The van der Waals surface area contributed by atoms with Crippen molar-refractivity contribution in [3.05, 3.63) is 36.4 Å². The normalized spacial score (nSPS) is 23.7. The number of hydrogen-bond acceptors (Lipinski definition) is 5. The van der Waals surface area contributed by atoms with Crippen LogP contribution >= 0.6 is 0 Å². The summed E-state index contributed by atoms with van der Waals surface area (Å²) < 4.78 is 24.9. The molecule has 0 saturated carbocycles. The van der Waals surface area contributed by atoms with Gasteiger partial charge in [0.1, 0.15) is 11.4 Å². The molecule has 1 fully saturated rings. The van der Waals surface area contributed by atoms with Gasteiger partial charge in [0, 0.05) is 43.4 Å². The predicted octanol–water partition coefficient (Wildman–Crippen LogP) is 2.05. The summed E-state index contributed by atoms with van der Waals surface area (Å²) in [6.07, 6.45) is 0.458. The van der Waals surface area contributed by atoms with Gasteiger partial charge in [0.15, 0.2) is 0 Å². The molecule has 1 aliphatic rings. The molecule has 0 spiro atoms. The number of fused-ring (bicyclic) bond motifs is 1. The lowest BCUT2D eigenvalue weighted by Gasteiger charge is -2.28. The van der Waals surface area contributed by atoms with E-state index in [4.69, 9.17) is 0 Å². The Morgan fingerprint density at radius 1 is 1.16 bits per heavy atom. The number of aliphatic carboxylic acids is 1. The zero-order chi connectivity index (χ0) is 18.4. The average Bonchev–Trinajstić information content (AvgIpc) is 2.97. The summed E-state index contributed by atoms with van der Waals surface area (Å²) in [4.78, 5) is 13.3. The van der Waals surface area contributed by atoms with Crippen LogP contribution in [-0.4, -0.2) is 55.4 Å². The zero-order valence-electron chi connectivity index (χ0n) is 14.1. The Bertz CT molecular complexity index is 941. The molecule has 8 heteroatoms. The van der Waals surface area contributed by atoms with Crippen molar-refractivity contribution in [1.82, 2.24) is 0 Å². The number of sulfonamides is 1. The number of nitrogens with zero attached hydrogens (tertiary/aromatic N) is 2. The molecule has 0 amide bonds. The SMILES string of the molecule is CN(C)c1cccc2c(S(=O)(=O)[N+]3(O)CCC[C@H]3C(=O)O)cccc12. The van der Waals surface area contributed by atoms with Gasteiger partial charge in [-0.3, -0.25) is 0 Å². The van der Waals surface area contributed by atoms with Crippen molar-refractivity contribution in [3.8, 4) is 0 Å². The quantitative estimate of drug-likeness (QED) is 0.805. The fraction of sp³-hybridized carbons (Fsp3) is 0.353. The second-order valence-electron chi connectivity index (χ2n) is 6.47. The minimum Gasteiger partial charge on any atom is -0.477 e. The number of carbonyl (C=O) groups is 1. The predicted molar refractivity (Wildman–Crippen MR) is 93.0 cm³/mol. The van der Waals surface area contributed by atoms with Gasteiger partial charge in [0.2, 0.25) is 6.04 Å². The van der Waals surface area contributed by atoms with Gasteiger partial charge in [-0.15, -0.1) is 0 Å². The molecule has 0 radical (unpaired) electrons. The van der Waals surface area contributed by atoms with E-state index in [1.54, 1.807) is 18.2 Å². The molecule has 2 aromatic rings. The van der Waals surface area contributed by atoms with E-state index in [9.17, 15) is 23.5 Å². The van der Waals surface area contributed by atoms with Crippen LogP contribution in [-0.2, 0) is 14.8 Å². The van der Waals surface area contributed by atoms with Crippen LogP contribution in [0.5, 0.6) is 0 Å². The average molecular weight is 365 g/mol. The molecular weight excluding hydrogens is 344 g/mol. The number of hydroxylamine groups is 2. The Balaban J connectivity index is 2.26. The van der Waals surface area contributed by atoms with Crippen LogP contribution in [0.3, 0.4) is 0 Å². The van der Waals surface area contributed by atoms with Crippen LogP contribution in [0.1, 0.15) is 12.8 Å². The van der Waals surface area contributed by atoms with Gasteiger partial charge in [-0.2, -0.15) is 13.6 Å². The lowest BCUT2D eigenvalue weighted by molar-refractivity contribution is -1.00. The Labute approximate surface area is 146 Å². The smallest absolute Gasteiger partial charge is 0.366 e. The van der Waals surface area contributed by atoms with Gasteiger partial charge in [-0.05, 0) is 12.1 Å². The first-order valence-corrected chi connectivity index (χ1v) is 9.42. The van der Waals surface area contributed by atoms with Gasteiger partial charge in [-0.25, -0.2) is 4.79 Å². The lowest BCUT2D eigenvalue weighted by atomic mass is 10.1. The second-order valence-corrected chi connectivity index (χ2v) is 8.50. The fourth-order valence-electron chi connectivity index (χ4n) is 3.50. The highest BCUT2D eigenvalue weighted by atomic mass is 32.2. The summed E-state index contributed by atoms with van der Waals surface area (Å²) in [5, 5.41) is 21.3. The number of benzene rings is 2. The standard InChI is InChI=1S/C17H20N2O5S/c1-18(2)14-8-3-7-13-12(14)6-4-10-16(13)25(23,24)19(22)11-5-9-15(19)17(20)21/h3-4,6-8,10,15,22H,5,9,11H2,1-2H3/p+1/t15-,19?/m0/s1. The second kappa shape index (κ2) is 5.98. The van der Waals surface area contributed by atoms with Gasteiger partial charge in [-0.1, -0.05) is 28.3 Å². The molecule has 2 N–H and O–H groups in total. The van der Waals surface area contributed by atoms with Crippen molar-refractivity contribution in [2.45, 2.75) is 23.8 Å². The van der Waals surface area contributed by atoms with Crippen molar-refractivity contribution in [3.63, 3.8) is 0 Å². The molecule has 25 heavy (non-hydrogen) atoms. The highest BCUT2D eigenvalue weighted by Gasteiger charge is 2.57. The molecule has 0 aromatic heterocycles. The third-order valence-corrected chi connectivity index (χ3v) is 6.94. The van der Waals surface area contributed by atoms with Crippen LogP contribution in [0.25, 0.3) is 10.8 Å². The number of carboxylic acids is 1. The van der Waals surface area contributed by atoms with Crippen LogP contribution in [0.2, 0.25) is 0 Å². The van der Waals surface area contributed by atoms with Gasteiger partial charge >= 0.3 is 16.0 Å². The highest BCUT2D eigenvalue weighted by molar-refractivity contribution is 7.86. The number of quaternary nitrogens is 1. The third kappa shape index (κ3) is 2.57. The molecule has 7 nitrogen and oxygen atoms in total. The maximum Gasteiger partial charge on any atom is 0.366 e. The molecule has 0 aliphatic carbocycles. The lowest BCUT2D eigenvalue weighted by Crippen LogP contribution is -2.56. The van der Waals surface area contributed by atoms with E-state index in [-0.39, 0.29) is 17.9 Å². The number of carboxylic acid groups (broad SMARTS) is 1. The molecule has 134 valence electrons. The molecule has 1 unspecified atom stereocenters. The Hall–Kier alpha value is -2.16. The van der Waals surface area contributed by atoms with E-state index in [2.05, 4.69) is 0 Å². The summed E-state index contributed by atoms with van der Waals surface area (Å²) in [7, 11) is -0.592. The van der Waals surface area contributed by atoms with Gasteiger partial charge in [0.05, 0.1) is 0 Å². The molecule has 2 aromatic carbocycles. The number of anilines is 1. The first-order valence-electron chi connectivity index (χ1n) is 7.98. The maximum absolute atomic E-state index is 13.2. The first-order chi connectivity index (χ1) is 11.7. The summed E-state index contributed by atoms with van der Waals surface area (Å²) in [6, 6.07) is 8.76. The monoisotopic (exact) mass is 365 g/mol. The Kier molecular flexibility index (Phi) is 4.22. The molecule has 0 bridgehead atoms. The van der Waals surface area contributed by atoms with E-state index in [1.165, 1.54) is 6.07 Å². The van der Waals surface area contributed by atoms with Crippen molar-refractivity contribution >= 4 is 32.5 Å². The van der Waals surface area contributed by atoms with E-state index in [0.29, 0.717) is 11.8 Å². The van der Waals surface area contributed by atoms with E-state index >= 15 is 0 Å². The van der Waals surface area contributed by atoms with Crippen molar-refractivity contribution in [1.29, 1.82) is 0 Å². The summed E-state index contributed by atoms with van der Waals surface area (Å²) in [6.45, 7) is -0.136. The maximum atomic E-state index is 13.2. The minimum atomic E-state index is -4.31. The molecule has 2 atom stereocenters. The van der Waals surface area contributed by atoms with E-state index in [0.717, 1.165) is 11.1 Å². The van der Waals surface area contributed by atoms with E-state index < -0.39 is 26.1 Å². The van der Waals surface area contributed by atoms with Crippen LogP contribution < -0.4 is 4.90 Å². The molecule has 3 rings (SSSR count). The fourth-order valence-corrected chi connectivity index (χ4v) is 5.45. The number of rotatable bonds is 4. The van der Waals surface area contributed by atoms with Crippen LogP contribution in [0, 0.1) is 0 Å².